The first-order chi connectivity index (χ1) is 15.1. The number of hydrogen-bond donors (Lipinski definition) is 1. The lowest BCUT2D eigenvalue weighted by Crippen LogP contribution is -2.48. The van der Waals surface area contributed by atoms with Crippen molar-refractivity contribution in [1.82, 2.24) is 15.1 Å². The molecule has 2 saturated heterocycles. The lowest BCUT2D eigenvalue weighted by Gasteiger charge is -2.37. The topological polar surface area (TPSA) is 52.6 Å². The Morgan fingerprint density at radius 2 is 1.77 bits per heavy atom. The third kappa shape index (κ3) is 5.85. The van der Waals surface area contributed by atoms with Crippen LogP contribution in [0.3, 0.4) is 0 Å². The van der Waals surface area contributed by atoms with Crippen molar-refractivity contribution in [2.24, 2.45) is 11.8 Å². The predicted molar refractivity (Wildman–Crippen MR) is 125 cm³/mol. The maximum Gasteiger partial charge on any atom is 0.241 e. The molecule has 2 aliphatic rings. The molecule has 2 heterocycles. The van der Waals surface area contributed by atoms with Gasteiger partial charge in [0.25, 0.3) is 0 Å². The third-order valence-electron chi connectivity index (χ3n) is 6.93. The normalized spacial score (nSPS) is 20.7. The lowest BCUT2D eigenvalue weighted by atomic mass is 9.94. The van der Waals surface area contributed by atoms with Gasteiger partial charge < -0.3 is 15.1 Å². The number of nitrogens with zero attached hydrogens (tertiary/aromatic N) is 2. The van der Waals surface area contributed by atoms with Crippen molar-refractivity contribution < 1.29 is 9.59 Å². The molecule has 0 aromatic heterocycles. The zero-order valence-corrected chi connectivity index (χ0v) is 18.7. The fourth-order valence-corrected chi connectivity index (χ4v) is 5.02. The molecular formula is C26H35N3O2. The minimum absolute atomic E-state index is 0.0447. The molecule has 31 heavy (non-hydrogen) atoms. The van der Waals surface area contributed by atoms with Gasteiger partial charge in [-0.2, -0.15) is 0 Å². The van der Waals surface area contributed by atoms with Crippen LogP contribution in [0.5, 0.6) is 0 Å². The van der Waals surface area contributed by atoms with Crippen molar-refractivity contribution in [3.63, 3.8) is 0 Å². The van der Waals surface area contributed by atoms with Gasteiger partial charge in [-0.3, -0.25) is 9.59 Å². The Morgan fingerprint density at radius 3 is 2.61 bits per heavy atom. The lowest BCUT2D eigenvalue weighted by molar-refractivity contribution is -0.134. The van der Waals surface area contributed by atoms with E-state index in [-0.39, 0.29) is 18.4 Å². The smallest absolute Gasteiger partial charge is 0.241 e. The number of amides is 2. The number of fused-ring (bicyclic) bond motifs is 1. The molecule has 166 valence electrons. The van der Waals surface area contributed by atoms with E-state index in [0.717, 1.165) is 48.3 Å². The van der Waals surface area contributed by atoms with Crippen molar-refractivity contribution in [2.75, 3.05) is 39.3 Å². The van der Waals surface area contributed by atoms with E-state index < -0.39 is 0 Å². The molecule has 5 nitrogen and oxygen atoms in total. The molecule has 0 radical (unpaired) electrons. The van der Waals surface area contributed by atoms with Gasteiger partial charge in [-0.1, -0.05) is 49.4 Å². The summed E-state index contributed by atoms with van der Waals surface area (Å²) in [6, 6.07) is 14.1. The highest BCUT2D eigenvalue weighted by Gasteiger charge is 2.26. The molecule has 0 spiro atoms. The average Bonchev–Trinajstić information content (AvgIpc) is 2.79. The van der Waals surface area contributed by atoms with Crippen LogP contribution in [-0.4, -0.2) is 60.9 Å². The van der Waals surface area contributed by atoms with Gasteiger partial charge in [-0.25, -0.2) is 0 Å². The first-order valence-corrected chi connectivity index (χ1v) is 11.8. The van der Waals surface area contributed by atoms with Crippen molar-refractivity contribution in [1.29, 1.82) is 0 Å². The van der Waals surface area contributed by atoms with E-state index in [9.17, 15) is 9.59 Å². The Hall–Kier alpha value is -2.40. The number of rotatable bonds is 6. The van der Waals surface area contributed by atoms with E-state index in [2.05, 4.69) is 29.3 Å². The summed E-state index contributed by atoms with van der Waals surface area (Å²) in [5.74, 6) is 1.35. The molecule has 1 atom stereocenters. The van der Waals surface area contributed by atoms with E-state index in [1.807, 2.05) is 35.2 Å². The first kappa shape index (κ1) is 21.8. The number of likely N-dealkylation sites (tertiary alicyclic amines) is 2. The van der Waals surface area contributed by atoms with Gasteiger partial charge >= 0.3 is 0 Å². The number of carbonyl (C=O) groups excluding carboxylic acids is 2. The molecule has 1 unspecified atom stereocenters. The molecule has 5 heteroatoms. The average molecular weight is 422 g/mol. The molecule has 0 bridgehead atoms. The maximum absolute atomic E-state index is 12.7. The highest BCUT2D eigenvalue weighted by molar-refractivity contribution is 5.91. The second kappa shape index (κ2) is 10.3. The number of piperidine rings is 2. The maximum atomic E-state index is 12.7. The fourth-order valence-electron chi connectivity index (χ4n) is 5.02. The van der Waals surface area contributed by atoms with Crippen LogP contribution in [0.15, 0.2) is 42.5 Å². The highest BCUT2D eigenvalue weighted by Crippen LogP contribution is 2.22. The SMILES string of the molecule is CC1CCN(CC2CCCN(C(=O)CNC(=O)Cc3cccc4ccccc34)C2)CC1. The Balaban J connectivity index is 1.24. The summed E-state index contributed by atoms with van der Waals surface area (Å²) in [6.45, 7) is 7.55. The summed E-state index contributed by atoms with van der Waals surface area (Å²) < 4.78 is 0. The van der Waals surface area contributed by atoms with Crippen LogP contribution in [0, 0.1) is 11.8 Å². The summed E-state index contributed by atoms with van der Waals surface area (Å²) in [6.07, 6.45) is 5.13. The molecule has 2 amide bonds. The Kier molecular flexibility index (Phi) is 7.23. The first-order valence-electron chi connectivity index (χ1n) is 11.8. The van der Waals surface area contributed by atoms with E-state index in [1.165, 1.54) is 32.4 Å². The molecule has 1 N–H and O–H groups in total. The van der Waals surface area contributed by atoms with Crippen LogP contribution in [0.1, 0.15) is 38.2 Å². The van der Waals surface area contributed by atoms with Gasteiger partial charge in [0.15, 0.2) is 0 Å². The highest BCUT2D eigenvalue weighted by atomic mass is 16.2. The number of hydrogen-bond acceptors (Lipinski definition) is 3. The van der Waals surface area contributed by atoms with E-state index in [4.69, 9.17) is 0 Å². The zero-order chi connectivity index (χ0) is 21.6. The van der Waals surface area contributed by atoms with Crippen LogP contribution < -0.4 is 5.32 Å². The van der Waals surface area contributed by atoms with Crippen LogP contribution in [-0.2, 0) is 16.0 Å². The monoisotopic (exact) mass is 421 g/mol. The second-order valence-electron chi connectivity index (χ2n) is 9.42. The van der Waals surface area contributed by atoms with E-state index in [1.54, 1.807) is 0 Å². The van der Waals surface area contributed by atoms with Crippen molar-refractivity contribution in [3.8, 4) is 0 Å². The molecule has 2 aliphatic heterocycles. The molecule has 2 fully saturated rings. The minimum Gasteiger partial charge on any atom is -0.347 e. The van der Waals surface area contributed by atoms with Gasteiger partial charge in [-0.05, 0) is 66.9 Å². The predicted octanol–water partition coefficient (Wildman–Crippen LogP) is 3.47. The molecular weight excluding hydrogens is 386 g/mol. The molecule has 2 aromatic carbocycles. The molecule has 0 aliphatic carbocycles. The summed E-state index contributed by atoms with van der Waals surface area (Å²) in [7, 11) is 0. The number of nitrogens with one attached hydrogen (secondary N) is 1. The number of benzene rings is 2. The van der Waals surface area contributed by atoms with Gasteiger partial charge in [0.05, 0.1) is 13.0 Å². The van der Waals surface area contributed by atoms with Gasteiger partial charge in [0.2, 0.25) is 11.8 Å². The van der Waals surface area contributed by atoms with Crippen LogP contribution >= 0.6 is 0 Å². The summed E-state index contributed by atoms with van der Waals surface area (Å²) in [4.78, 5) is 29.8. The number of carbonyl (C=O) groups is 2. The Labute approximate surface area is 185 Å². The minimum atomic E-state index is -0.0966. The van der Waals surface area contributed by atoms with Crippen molar-refractivity contribution >= 4 is 22.6 Å². The Morgan fingerprint density at radius 1 is 1.00 bits per heavy atom. The Bertz CT molecular complexity index is 899. The molecule has 0 saturated carbocycles. The van der Waals surface area contributed by atoms with Crippen LogP contribution in [0.2, 0.25) is 0 Å². The summed E-state index contributed by atoms with van der Waals surface area (Å²) in [5, 5.41) is 5.08. The second-order valence-corrected chi connectivity index (χ2v) is 9.42. The fraction of sp³-hybridized carbons (Fsp3) is 0.538. The summed E-state index contributed by atoms with van der Waals surface area (Å²) >= 11 is 0. The molecule has 4 rings (SSSR count). The third-order valence-corrected chi connectivity index (χ3v) is 6.93. The quantitative estimate of drug-likeness (QED) is 0.777. The van der Waals surface area contributed by atoms with Crippen LogP contribution in [0.4, 0.5) is 0 Å². The van der Waals surface area contributed by atoms with Crippen molar-refractivity contribution in [2.45, 2.75) is 39.0 Å². The van der Waals surface area contributed by atoms with E-state index in [0.29, 0.717) is 12.3 Å². The van der Waals surface area contributed by atoms with Gasteiger partial charge in [0, 0.05) is 19.6 Å². The summed E-state index contributed by atoms with van der Waals surface area (Å²) in [5.41, 5.74) is 0.997. The standard InChI is InChI=1S/C26H35N3O2/c1-20-11-14-28(15-12-20)18-21-6-5-13-29(19-21)26(31)17-27-25(30)16-23-9-4-8-22-7-2-3-10-24(22)23/h2-4,7-10,20-21H,5-6,11-19H2,1H3,(H,27,30). The van der Waals surface area contributed by atoms with Crippen molar-refractivity contribution in [3.05, 3.63) is 48.0 Å². The largest absolute Gasteiger partial charge is 0.347 e. The zero-order valence-electron chi connectivity index (χ0n) is 18.7. The van der Waals surface area contributed by atoms with Gasteiger partial charge in [-0.15, -0.1) is 0 Å². The van der Waals surface area contributed by atoms with E-state index >= 15 is 0 Å². The molecule has 2 aromatic rings. The van der Waals surface area contributed by atoms with Gasteiger partial charge in [0.1, 0.15) is 0 Å². The van der Waals surface area contributed by atoms with Crippen LogP contribution in [0.25, 0.3) is 10.8 Å².